The van der Waals surface area contributed by atoms with Gasteiger partial charge in [0.05, 0.1) is 0 Å². The Kier molecular flexibility index (Phi) is 5.13. The lowest BCUT2D eigenvalue weighted by atomic mass is 10.1. The van der Waals surface area contributed by atoms with Crippen molar-refractivity contribution in [3.63, 3.8) is 0 Å². The summed E-state index contributed by atoms with van der Waals surface area (Å²) < 4.78 is 32.0. The molecule has 6 heteroatoms. The molecule has 0 aromatic heterocycles. The van der Waals surface area contributed by atoms with Gasteiger partial charge in [0.25, 0.3) is 10.2 Å². The zero-order valence-corrected chi connectivity index (χ0v) is 12.0. The first-order chi connectivity index (χ1) is 8.34. The summed E-state index contributed by atoms with van der Waals surface area (Å²) in [7, 11) is -0.408. The maximum atomic E-state index is 11.4. The summed E-state index contributed by atoms with van der Waals surface area (Å²) in [4.78, 5) is 0. The van der Waals surface area contributed by atoms with Crippen molar-refractivity contribution >= 4 is 10.2 Å². The normalized spacial score (nSPS) is 11.8. The van der Waals surface area contributed by atoms with Crippen LogP contribution in [-0.4, -0.2) is 40.0 Å². The van der Waals surface area contributed by atoms with Crippen LogP contribution in [0.1, 0.15) is 11.1 Å². The Hall–Kier alpha value is -1.11. The van der Waals surface area contributed by atoms with Gasteiger partial charge in [0.1, 0.15) is 12.4 Å². The summed E-state index contributed by atoms with van der Waals surface area (Å²) in [5, 5.41) is 0. The predicted molar refractivity (Wildman–Crippen MR) is 72.0 cm³/mol. The van der Waals surface area contributed by atoms with Crippen LogP contribution in [0, 0.1) is 13.8 Å². The monoisotopic (exact) mass is 272 g/mol. The van der Waals surface area contributed by atoms with Crippen molar-refractivity contribution in [3.8, 4) is 5.75 Å². The van der Waals surface area contributed by atoms with Crippen molar-refractivity contribution < 1.29 is 13.2 Å². The molecule has 0 radical (unpaired) electrons. The third-order valence-electron chi connectivity index (χ3n) is 2.52. The standard InChI is InChI=1S/C12H20N2O3S/c1-10-6-5-7-11(2)12(10)17-9-8-13-18(15,16)14(3)4/h5-7,13H,8-9H2,1-4H3. The highest BCUT2D eigenvalue weighted by atomic mass is 32.2. The predicted octanol–water partition coefficient (Wildman–Crippen LogP) is 1.08. The van der Waals surface area contributed by atoms with Gasteiger partial charge in [-0.1, -0.05) is 18.2 Å². The SMILES string of the molecule is Cc1cccc(C)c1OCCNS(=O)(=O)N(C)C. The highest BCUT2D eigenvalue weighted by Crippen LogP contribution is 2.21. The summed E-state index contributed by atoms with van der Waals surface area (Å²) in [6.45, 7) is 4.48. The van der Waals surface area contributed by atoms with Gasteiger partial charge in [0.15, 0.2) is 0 Å². The molecule has 0 atom stereocenters. The van der Waals surface area contributed by atoms with Crippen LogP contribution in [0.15, 0.2) is 18.2 Å². The Morgan fingerprint density at radius 2 is 1.78 bits per heavy atom. The number of para-hydroxylation sites is 1. The summed E-state index contributed by atoms with van der Waals surface area (Å²) in [5.74, 6) is 0.821. The molecule has 102 valence electrons. The van der Waals surface area contributed by atoms with Gasteiger partial charge in [-0.3, -0.25) is 0 Å². The highest BCUT2D eigenvalue weighted by Gasteiger charge is 2.11. The number of aryl methyl sites for hydroxylation is 2. The van der Waals surface area contributed by atoms with Crippen LogP contribution in [0.2, 0.25) is 0 Å². The number of benzene rings is 1. The minimum absolute atomic E-state index is 0.244. The second kappa shape index (κ2) is 6.17. The van der Waals surface area contributed by atoms with Crippen molar-refractivity contribution in [2.24, 2.45) is 0 Å². The Morgan fingerprint density at radius 3 is 2.28 bits per heavy atom. The van der Waals surface area contributed by atoms with E-state index in [0.717, 1.165) is 21.2 Å². The van der Waals surface area contributed by atoms with Gasteiger partial charge in [-0.15, -0.1) is 0 Å². The second-order valence-corrected chi connectivity index (χ2v) is 6.22. The second-order valence-electron chi connectivity index (χ2n) is 4.25. The average Bonchev–Trinajstić information content (AvgIpc) is 2.27. The van der Waals surface area contributed by atoms with E-state index in [9.17, 15) is 8.42 Å². The van der Waals surface area contributed by atoms with Gasteiger partial charge in [-0.05, 0) is 25.0 Å². The lowest BCUT2D eigenvalue weighted by molar-refractivity contribution is 0.317. The topological polar surface area (TPSA) is 58.6 Å². The highest BCUT2D eigenvalue weighted by molar-refractivity contribution is 7.87. The van der Waals surface area contributed by atoms with E-state index < -0.39 is 10.2 Å². The summed E-state index contributed by atoms with van der Waals surface area (Å²) >= 11 is 0. The van der Waals surface area contributed by atoms with Gasteiger partial charge in [0, 0.05) is 20.6 Å². The number of hydrogen-bond acceptors (Lipinski definition) is 3. The molecule has 0 saturated heterocycles. The molecule has 0 heterocycles. The molecule has 0 spiro atoms. The van der Waals surface area contributed by atoms with Gasteiger partial charge < -0.3 is 4.74 Å². The Morgan fingerprint density at radius 1 is 1.22 bits per heavy atom. The van der Waals surface area contributed by atoms with Gasteiger partial charge in [-0.2, -0.15) is 17.4 Å². The fraction of sp³-hybridized carbons (Fsp3) is 0.500. The minimum atomic E-state index is -3.37. The fourth-order valence-corrected chi connectivity index (χ4v) is 2.08. The maximum absolute atomic E-state index is 11.4. The van der Waals surface area contributed by atoms with Crippen molar-refractivity contribution in [1.82, 2.24) is 9.03 Å². The number of hydrogen-bond donors (Lipinski definition) is 1. The number of rotatable bonds is 6. The van der Waals surface area contributed by atoms with Crippen LogP contribution in [-0.2, 0) is 10.2 Å². The molecule has 0 aliphatic carbocycles. The summed E-state index contributed by atoms with van der Waals surface area (Å²) in [5.41, 5.74) is 2.09. The first-order valence-electron chi connectivity index (χ1n) is 5.70. The van der Waals surface area contributed by atoms with Crippen molar-refractivity contribution in [3.05, 3.63) is 29.3 Å². The Bertz CT molecular complexity index is 478. The molecule has 1 rings (SSSR count). The van der Waals surface area contributed by atoms with Crippen LogP contribution >= 0.6 is 0 Å². The molecule has 0 amide bonds. The zero-order valence-electron chi connectivity index (χ0n) is 11.2. The van der Waals surface area contributed by atoms with E-state index in [1.54, 1.807) is 0 Å². The largest absolute Gasteiger partial charge is 0.492 e. The van der Waals surface area contributed by atoms with E-state index in [2.05, 4.69) is 4.72 Å². The molecule has 1 aromatic rings. The quantitative estimate of drug-likeness (QED) is 0.788. The van der Waals surface area contributed by atoms with E-state index in [1.807, 2.05) is 32.0 Å². The molecule has 1 aromatic carbocycles. The molecule has 0 aliphatic rings. The minimum Gasteiger partial charge on any atom is -0.492 e. The van der Waals surface area contributed by atoms with Crippen LogP contribution in [0.25, 0.3) is 0 Å². The lowest BCUT2D eigenvalue weighted by Gasteiger charge is -2.14. The van der Waals surface area contributed by atoms with E-state index in [0.29, 0.717) is 6.61 Å². The smallest absolute Gasteiger partial charge is 0.279 e. The molecule has 0 fully saturated rings. The third kappa shape index (κ3) is 3.97. The maximum Gasteiger partial charge on any atom is 0.279 e. The molecule has 0 aliphatic heterocycles. The Balaban J connectivity index is 2.49. The van der Waals surface area contributed by atoms with E-state index in [1.165, 1.54) is 14.1 Å². The van der Waals surface area contributed by atoms with Crippen LogP contribution < -0.4 is 9.46 Å². The fourth-order valence-electron chi connectivity index (χ4n) is 1.48. The van der Waals surface area contributed by atoms with Crippen molar-refractivity contribution in [2.45, 2.75) is 13.8 Å². The molecular weight excluding hydrogens is 252 g/mol. The van der Waals surface area contributed by atoms with Crippen LogP contribution in [0.4, 0.5) is 0 Å². The first kappa shape index (κ1) is 14.9. The van der Waals surface area contributed by atoms with Crippen molar-refractivity contribution in [1.29, 1.82) is 0 Å². The number of nitrogens with one attached hydrogen (secondary N) is 1. The summed E-state index contributed by atoms with van der Waals surface area (Å²) in [6, 6.07) is 5.89. The Labute approximate surface area is 109 Å². The van der Waals surface area contributed by atoms with E-state index >= 15 is 0 Å². The van der Waals surface area contributed by atoms with Gasteiger partial charge in [-0.25, -0.2) is 0 Å². The number of nitrogens with zero attached hydrogens (tertiary/aromatic N) is 1. The molecular formula is C12H20N2O3S. The number of ether oxygens (including phenoxy) is 1. The van der Waals surface area contributed by atoms with Gasteiger partial charge in [0.2, 0.25) is 0 Å². The molecule has 0 unspecified atom stereocenters. The molecule has 5 nitrogen and oxygen atoms in total. The van der Waals surface area contributed by atoms with E-state index in [4.69, 9.17) is 4.74 Å². The molecule has 1 N–H and O–H groups in total. The molecule has 0 saturated carbocycles. The van der Waals surface area contributed by atoms with Gasteiger partial charge >= 0.3 is 0 Å². The van der Waals surface area contributed by atoms with Crippen LogP contribution in [0.3, 0.4) is 0 Å². The summed E-state index contributed by atoms with van der Waals surface area (Å²) in [6.07, 6.45) is 0. The molecule has 0 bridgehead atoms. The third-order valence-corrected chi connectivity index (χ3v) is 4.05. The van der Waals surface area contributed by atoms with Crippen molar-refractivity contribution in [2.75, 3.05) is 27.2 Å². The first-order valence-corrected chi connectivity index (χ1v) is 7.14. The van der Waals surface area contributed by atoms with E-state index in [-0.39, 0.29) is 6.54 Å². The zero-order chi connectivity index (χ0) is 13.8. The van der Waals surface area contributed by atoms with Crippen LogP contribution in [0.5, 0.6) is 5.75 Å². The lowest BCUT2D eigenvalue weighted by Crippen LogP contribution is -2.37. The average molecular weight is 272 g/mol. The molecule has 18 heavy (non-hydrogen) atoms.